The zero-order valence-corrected chi connectivity index (χ0v) is 27.5. The normalized spacial score (nSPS) is 31.7. The largest absolute Gasteiger partial charge is 0.469 e. The van der Waals surface area contributed by atoms with Gasteiger partial charge in [0, 0.05) is 12.3 Å². The molecule has 2 aliphatic rings. The third kappa shape index (κ3) is 9.36. The molecule has 0 spiro atoms. The van der Waals surface area contributed by atoms with Crippen LogP contribution in [0.4, 0.5) is 0 Å². The molecule has 2 heterocycles. The molecule has 0 amide bonds. The molecule has 0 N–H and O–H groups in total. The van der Waals surface area contributed by atoms with E-state index in [2.05, 4.69) is 34.6 Å². The molecule has 2 saturated heterocycles. The van der Waals surface area contributed by atoms with Gasteiger partial charge in [0.1, 0.15) is 6.10 Å². The molecule has 10 atom stereocenters. The molecule has 0 radical (unpaired) electrons. The van der Waals surface area contributed by atoms with Gasteiger partial charge in [0.15, 0.2) is 18.7 Å². The van der Waals surface area contributed by atoms with Crippen LogP contribution in [-0.4, -0.2) is 69.3 Å². The first-order valence-electron chi connectivity index (χ1n) is 16.3. The Balaban J connectivity index is 1.45. The summed E-state index contributed by atoms with van der Waals surface area (Å²) < 4.78 is 42.8. The van der Waals surface area contributed by atoms with Gasteiger partial charge in [-0.3, -0.25) is 4.79 Å². The molecule has 4 rings (SSSR count). The van der Waals surface area contributed by atoms with Crippen molar-refractivity contribution in [2.75, 3.05) is 20.3 Å². The number of hydrogen-bond acceptors (Lipinski definition) is 9. The molecule has 2 aliphatic heterocycles. The molecule has 0 aromatic heterocycles. The lowest BCUT2D eigenvalue weighted by Crippen LogP contribution is -2.55. The van der Waals surface area contributed by atoms with Crippen LogP contribution in [0.2, 0.25) is 0 Å². The number of carbonyl (C=O) groups excluding carboxylic acids is 2. The number of carbonyl (C=O) groups is 2. The van der Waals surface area contributed by atoms with Crippen LogP contribution in [0.25, 0.3) is 0 Å². The Kier molecular flexibility index (Phi) is 13.4. The highest BCUT2D eigenvalue weighted by molar-refractivity contribution is 5.89. The Hall–Kier alpha value is -2.82. The zero-order chi connectivity index (χ0) is 32.3. The predicted molar refractivity (Wildman–Crippen MR) is 168 cm³/mol. The fraction of sp³-hybridized carbons (Fsp3) is 0.611. The molecule has 9 heteroatoms. The summed E-state index contributed by atoms with van der Waals surface area (Å²) in [5.41, 5.74) is 1.55. The van der Waals surface area contributed by atoms with E-state index in [-0.39, 0.29) is 61.0 Å². The number of ether oxygens (including phenoxy) is 7. The van der Waals surface area contributed by atoms with E-state index in [9.17, 15) is 9.59 Å². The summed E-state index contributed by atoms with van der Waals surface area (Å²) in [7, 11) is 1.38. The van der Waals surface area contributed by atoms with E-state index >= 15 is 0 Å². The summed E-state index contributed by atoms with van der Waals surface area (Å²) >= 11 is 0. The molecule has 0 bridgehead atoms. The first kappa shape index (κ1) is 35.0. The van der Waals surface area contributed by atoms with E-state index < -0.39 is 24.7 Å². The lowest BCUT2D eigenvalue weighted by molar-refractivity contribution is -0.312. The third-order valence-electron chi connectivity index (χ3n) is 9.42. The molecule has 45 heavy (non-hydrogen) atoms. The molecular weight excluding hydrogens is 576 g/mol. The lowest BCUT2D eigenvalue weighted by Gasteiger charge is -2.46. The van der Waals surface area contributed by atoms with Gasteiger partial charge in [-0.2, -0.15) is 0 Å². The fourth-order valence-electron chi connectivity index (χ4n) is 6.08. The third-order valence-corrected chi connectivity index (χ3v) is 9.42. The van der Waals surface area contributed by atoms with Crippen molar-refractivity contribution < 1.29 is 42.7 Å². The Morgan fingerprint density at radius 2 is 1.33 bits per heavy atom. The highest BCUT2D eigenvalue weighted by Gasteiger charge is 2.46. The second-order valence-corrected chi connectivity index (χ2v) is 12.3. The van der Waals surface area contributed by atoms with Crippen LogP contribution in [-0.2, 0) is 44.6 Å². The SMILES string of the molecule is CCC1O[C@H](OCC2O[C@@H](OCCCC(=O)OC)C(OCc3ccccc3)[C@@H](C)[C@@H]2C)C(OC(=O)c2ccccc2)[C@@H](C)[C@@H]1C. The van der Waals surface area contributed by atoms with Gasteiger partial charge in [-0.05, 0) is 48.3 Å². The quantitative estimate of drug-likeness (QED) is 0.180. The number of benzene rings is 2. The van der Waals surface area contributed by atoms with Crippen LogP contribution >= 0.6 is 0 Å². The average molecular weight is 627 g/mol. The summed E-state index contributed by atoms with van der Waals surface area (Å²) in [6, 6.07) is 19.0. The van der Waals surface area contributed by atoms with Crippen LogP contribution in [0.5, 0.6) is 0 Å². The molecule has 2 fully saturated rings. The maximum Gasteiger partial charge on any atom is 0.338 e. The number of esters is 2. The van der Waals surface area contributed by atoms with Crippen molar-refractivity contribution in [3.05, 3.63) is 71.8 Å². The predicted octanol–water partition coefficient (Wildman–Crippen LogP) is 6.19. The van der Waals surface area contributed by atoms with Crippen molar-refractivity contribution in [3.8, 4) is 0 Å². The lowest BCUT2D eigenvalue weighted by atomic mass is 9.82. The molecule has 9 nitrogen and oxygen atoms in total. The van der Waals surface area contributed by atoms with Gasteiger partial charge in [-0.1, -0.05) is 83.1 Å². The molecule has 0 aliphatic carbocycles. The van der Waals surface area contributed by atoms with Crippen molar-refractivity contribution in [3.63, 3.8) is 0 Å². The monoisotopic (exact) mass is 626 g/mol. The minimum Gasteiger partial charge on any atom is -0.469 e. The van der Waals surface area contributed by atoms with Gasteiger partial charge in [-0.25, -0.2) is 4.79 Å². The second-order valence-electron chi connectivity index (χ2n) is 12.3. The first-order chi connectivity index (χ1) is 21.7. The molecule has 0 saturated carbocycles. The van der Waals surface area contributed by atoms with Gasteiger partial charge in [0.25, 0.3) is 0 Å². The maximum absolute atomic E-state index is 13.1. The van der Waals surface area contributed by atoms with Gasteiger partial charge < -0.3 is 33.2 Å². The van der Waals surface area contributed by atoms with Crippen LogP contribution in [0.15, 0.2) is 60.7 Å². The molecule has 4 unspecified atom stereocenters. The molecule has 2 aromatic carbocycles. The standard InChI is InChI=1S/C36H50O9/c1-7-29-23(2)26(5)33(45-34(38)28-17-12-9-13-18-28)36(43-29)42-22-30-24(3)25(4)32(41-21-27-15-10-8-11-16-27)35(44-30)40-20-14-19-31(37)39-6/h8-13,15-18,23-26,29-30,32-33,35-36H,7,14,19-22H2,1-6H3/t23-,24-,25-,26-,29?,30?,32?,33?,35+,36-/m0/s1. The average Bonchev–Trinajstić information content (AvgIpc) is 3.07. The van der Waals surface area contributed by atoms with Gasteiger partial charge in [0.05, 0.1) is 44.7 Å². The van der Waals surface area contributed by atoms with Crippen molar-refractivity contribution in [1.29, 1.82) is 0 Å². The summed E-state index contributed by atoms with van der Waals surface area (Å²) in [6.07, 6.45) is -1.09. The minimum atomic E-state index is -0.744. The van der Waals surface area contributed by atoms with Crippen LogP contribution in [0.3, 0.4) is 0 Å². The van der Waals surface area contributed by atoms with Gasteiger partial charge >= 0.3 is 11.9 Å². The summed E-state index contributed by atoms with van der Waals surface area (Å²) in [5.74, 6) is -0.347. The Bertz CT molecular complexity index is 1180. The summed E-state index contributed by atoms with van der Waals surface area (Å²) in [4.78, 5) is 24.7. The number of hydrogen-bond donors (Lipinski definition) is 0. The summed E-state index contributed by atoms with van der Waals surface area (Å²) in [6.45, 7) is 11.5. The molecular formula is C36H50O9. The fourth-order valence-corrected chi connectivity index (χ4v) is 6.08. The van der Waals surface area contributed by atoms with Crippen LogP contribution in [0, 0.1) is 23.7 Å². The van der Waals surface area contributed by atoms with Crippen molar-refractivity contribution in [1.82, 2.24) is 0 Å². The van der Waals surface area contributed by atoms with E-state index in [0.29, 0.717) is 25.2 Å². The number of rotatable bonds is 14. The Morgan fingerprint density at radius 1 is 0.733 bits per heavy atom. The van der Waals surface area contributed by atoms with E-state index in [4.69, 9.17) is 33.2 Å². The molecule has 248 valence electrons. The van der Waals surface area contributed by atoms with Gasteiger partial charge in [0.2, 0.25) is 0 Å². The van der Waals surface area contributed by atoms with Crippen molar-refractivity contribution in [2.24, 2.45) is 23.7 Å². The second kappa shape index (κ2) is 17.2. The Morgan fingerprint density at radius 3 is 2.00 bits per heavy atom. The Labute approximate surface area is 267 Å². The van der Waals surface area contributed by atoms with E-state index in [0.717, 1.165) is 12.0 Å². The van der Waals surface area contributed by atoms with Crippen molar-refractivity contribution in [2.45, 2.75) is 97.5 Å². The van der Waals surface area contributed by atoms with E-state index in [1.807, 2.05) is 48.5 Å². The van der Waals surface area contributed by atoms with E-state index in [1.54, 1.807) is 12.1 Å². The van der Waals surface area contributed by atoms with E-state index in [1.165, 1.54) is 7.11 Å². The van der Waals surface area contributed by atoms with Gasteiger partial charge in [-0.15, -0.1) is 0 Å². The maximum atomic E-state index is 13.1. The molecule has 2 aromatic rings. The van der Waals surface area contributed by atoms with Crippen molar-refractivity contribution >= 4 is 11.9 Å². The topological polar surface area (TPSA) is 98.8 Å². The zero-order valence-electron chi connectivity index (χ0n) is 27.5. The minimum absolute atomic E-state index is 0.0200. The first-order valence-corrected chi connectivity index (χ1v) is 16.3. The highest BCUT2D eigenvalue weighted by atomic mass is 16.7. The van der Waals surface area contributed by atoms with Crippen LogP contribution in [0.1, 0.15) is 69.8 Å². The number of methoxy groups -OCH3 is 1. The van der Waals surface area contributed by atoms with Crippen LogP contribution < -0.4 is 0 Å². The summed E-state index contributed by atoms with van der Waals surface area (Å²) in [5, 5.41) is 0. The highest BCUT2D eigenvalue weighted by Crippen LogP contribution is 2.37. The smallest absolute Gasteiger partial charge is 0.338 e.